The highest BCUT2D eigenvalue weighted by Crippen LogP contribution is 2.52. The Balaban J connectivity index is 1.42. The van der Waals surface area contributed by atoms with Gasteiger partial charge in [0, 0.05) is 31.0 Å². The van der Waals surface area contributed by atoms with Crippen LogP contribution in [0.25, 0.3) is 0 Å². The minimum Gasteiger partial charge on any atom is -0.381 e. The molecule has 3 fully saturated rings. The third kappa shape index (κ3) is 2.17. The molecule has 4 rings (SSSR count). The van der Waals surface area contributed by atoms with E-state index in [2.05, 4.69) is 29.2 Å². The van der Waals surface area contributed by atoms with Crippen LogP contribution in [-0.2, 0) is 14.9 Å². The Hall–Kier alpha value is -1.39. The van der Waals surface area contributed by atoms with Crippen LogP contribution in [0.1, 0.15) is 18.4 Å². The fraction of sp³-hybridized carbons (Fsp3) is 0.611. The standard InChI is InChI=1S/C18H24N2O2/c19-12-18(13-4-2-1-3-5-13)6-8-20(9-7-18)17(21)16-14-10-22-11-15(14)16/h1-5,14-16H,6-12,19H2/t14-,15+,16?. The number of benzene rings is 1. The lowest BCUT2D eigenvalue weighted by molar-refractivity contribution is -0.135. The fourth-order valence-corrected chi connectivity index (χ4v) is 4.37. The van der Waals surface area contributed by atoms with Crippen LogP contribution in [0.4, 0.5) is 0 Å². The van der Waals surface area contributed by atoms with Gasteiger partial charge in [-0.2, -0.15) is 0 Å². The van der Waals surface area contributed by atoms with E-state index in [9.17, 15) is 4.79 Å². The van der Waals surface area contributed by atoms with E-state index in [1.54, 1.807) is 0 Å². The first-order chi connectivity index (χ1) is 10.7. The molecule has 2 N–H and O–H groups in total. The molecule has 1 amide bonds. The van der Waals surface area contributed by atoms with Gasteiger partial charge in [0.05, 0.1) is 13.2 Å². The molecule has 1 saturated carbocycles. The summed E-state index contributed by atoms with van der Waals surface area (Å²) in [7, 11) is 0. The van der Waals surface area contributed by atoms with E-state index in [-0.39, 0.29) is 11.3 Å². The van der Waals surface area contributed by atoms with E-state index in [4.69, 9.17) is 10.5 Å². The second-order valence-electron chi connectivity index (χ2n) is 7.07. The molecule has 2 heterocycles. The number of piperidine rings is 1. The van der Waals surface area contributed by atoms with E-state index in [1.165, 1.54) is 5.56 Å². The molecule has 1 aromatic rings. The highest BCUT2D eigenvalue weighted by molar-refractivity contribution is 5.82. The van der Waals surface area contributed by atoms with Gasteiger partial charge in [0.15, 0.2) is 0 Å². The topological polar surface area (TPSA) is 55.6 Å². The van der Waals surface area contributed by atoms with E-state index in [0.29, 0.717) is 24.3 Å². The van der Waals surface area contributed by atoms with Crippen LogP contribution in [0, 0.1) is 17.8 Å². The second-order valence-corrected chi connectivity index (χ2v) is 7.07. The van der Waals surface area contributed by atoms with Crippen molar-refractivity contribution in [3.8, 4) is 0 Å². The number of hydrogen-bond acceptors (Lipinski definition) is 3. The lowest BCUT2D eigenvalue weighted by Crippen LogP contribution is -2.49. The summed E-state index contributed by atoms with van der Waals surface area (Å²) < 4.78 is 5.40. The Morgan fingerprint density at radius 2 is 1.82 bits per heavy atom. The van der Waals surface area contributed by atoms with Crippen molar-refractivity contribution in [3.05, 3.63) is 35.9 Å². The smallest absolute Gasteiger partial charge is 0.226 e. The summed E-state index contributed by atoms with van der Waals surface area (Å²) in [6.07, 6.45) is 1.94. The Kier molecular flexibility index (Phi) is 3.46. The molecule has 22 heavy (non-hydrogen) atoms. The third-order valence-electron chi connectivity index (χ3n) is 6.05. The van der Waals surface area contributed by atoms with Crippen molar-refractivity contribution in [1.29, 1.82) is 0 Å². The van der Waals surface area contributed by atoms with Gasteiger partial charge in [-0.1, -0.05) is 30.3 Å². The van der Waals surface area contributed by atoms with Gasteiger partial charge in [0.2, 0.25) is 5.91 Å². The minimum absolute atomic E-state index is 0.0422. The van der Waals surface area contributed by atoms with Crippen LogP contribution in [0.15, 0.2) is 30.3 Å². The molecule has 4 heteroatoms. The molecule has 0 spiro atoms. The van der Waals surface area contributed by atoms with Crippen molar-refractivity contribution in [1.82, 2.24) is 4.90 Å². The van der Waals surface area contributed by atoms with Gasteiger partial charge in [0.1, 0.15) is 0 Å². The summed E-state index contributed by atoms with van der Waals surface area (Å²) >= 11 is 0. The van der Waals surface area contributed by atoms with E-state index >= 15 is 0 Å². The number of ether oxygens (including phenoxy) is 1. The van der Waals surface area contributed by atoms with Gasteiger partial charge >= 0.3 is 0 Å². The Morgan fingerprint density at radius 3 is 2.41 bits per heavy atom. The summed E-state index contributed by atoms with van der Waals surface area (Å²) in [5, 5.41) is 0. The SMILES string of the molecule is NCC1(c2ccccc2)CCN(C(=O)C2[C@H]3COC[C@@H]23)CC1. The average Bonchev–Trinajstić information content (AvgIpc) is 3.07. The van der Waals surface area contributed by atoms with Crippen LogP contribution in [0.3, 0.4) is 0 Å². The molecular formula is C18H24N2O2. The number of nitrogens with two attached hydrogens (primary N) is 1. The molecular weight excluding hydrogens is 276 g/mol. The molecule has 1 unspecified atom stereocenters. The lowest BCUT2D eigenvalue weighted by Gasteiger charge is -2.42. The first-order valence-corrected chi connectivity index (χ1v) is 8.37. The predicted molar refractivity (Wildman–Crippen MR) is 84.3 cm³/mol. The quantitative estimate of drug-likeness (QED) is 0.918. The maximum atomic E-state index is 12.6. The average molecular weight is 300 g/mol. The van der Waals surface area contributed by atoms with Crippen molar-refractivity contribution in [2.75, 3.05) is 32.8 Å². The highest BCUT2D eigenvalue weighted by atomic mass is 16.5. The summed E-state index contributed by atoms with van der Waals surface area (Å²) in [5.74, 6) is 1.61. The highest BCUT2D eigenvalue weighted by Gasteiger charge is 2.59. The van der Waals surface area contributed by atoms with Crippen molar-refractivity contribution < 1.29 is 9.53 Å². The van der Waals surface area contributed by atoms with Crippen LogP contribution >= 0.6 is 0 Å². The van der Waals surface area contributed by atoms with Crippen molar-refractivity contribution in [3.63, 3.8) is 0 Å². The van der Waals surface area contributed by atoms with Gasteiger partial charge in [-0.15, -0.1) is 0 Å². The molecule has 2 saturated heterocycles. The molecule has 2 aliphatic heterocycles. The molecule has 3 atom stereocenters. The zero-order chi connectivity index (χ0) is 15.2. The van der Waals surface area contributed by atoms with Crippen LogP contribution in [0.2, 0.25) is 0 Å². The maximum absolute atomic E-state index is 12.6. The molecule has 1 aromatic carbocycles. The van der Waals surface area contributed by atoms with Gasteiger partial charge in [-0.05, 0) is 30.2 Å². The Labute approximate surface area is 131 Å². The lowest BCUT2D eigenvalue weighted by atomic mass is 9.73. The Bertz CT molecular complexity index is 541. The van der Waals surface area contributed by atoms with Crippen molar-refractivity contribution >= 4 is 5.91 Å². The number of carbonyl (C=O) groups excluding carboxylic acids is 1. The van der Waals surface area contributed by atoms with Gasteiger partial charge in [0.25, 0.3) is 0 Å². The number of rotatable bonds is 3. The molecule has 0 bridgehead atoms. The fourth-order valence-electron chi connectivity index (χ4n) is 4.37. The van der Waals surface area contributed by atoms with Crippen molar-refractivity contribution in [2.24, 2.45) is 23.5 Å². The molecule has 4 nitrogen and oxygen atoms in total. The van der Waals surface area contributed by atoms with Crippen LogP contribution < -0.4 is 5.73 Å². The van der Waals surface area contributed by atoms with Gasteiger partial charge in [-0.25, -0.2) is 0 Å². The monoisotopic (exact) mass is 300 g/mol. The predicted octanol–water partition coefficient (Wildman–Crippen LogP) is 1.40. The number of amides is 1. The van der Waals surface area contributed by atoms with Gasteiger partial charge < -0.3 is 15.4 Å². The zero-order valence-corrected chi connectivity index (χ0v) is 12.9. The van der Waals surface area contributed by atoms with E-state index in [0.717, 1.165) is 39.1 Å². The summed E-state index contributed by atoms with van der Waals surface area (Å²) in [4.78, 5) is 14.7. The summed E-state index contributed by atoms with van der Waals surface area (Å²) in [6.45, 7) is 3.89. The van der Waals surface area contributed by atoms with Crippen LogP contribution in [0.5, 0.6) is 0 Å². The number of hydrogen-bond donors (Lipinski definition) is 1. The molecule has 118 valence electrons. The molecule has 1 aliphatic carbocycles. The molecule has 3 aliphatic rings. The largest absolute Gasteiger partial charge is 0.381 e. The first kappa shape index (κ1) is 14.2. The third-order valence-corrected chi connectivity index (χ3v) is 6.05. The summed E-state index contributed by atoms with van der Waals surface area (Å²) in [5.41, 5.74) is 7.48. The normalized spacial score (nSPS) is 32.6. The number of likely N-dealkylation sites (tertiary alicyclic amines) is 1. The van der Waals surface area contributed by atoms with Crippen molar-refractivity contribution in [2.45, 2.75) is 18.3 Å². The summed E-state index contributed by atoms with van der Waals surface area (Å²) in [6, 6.07) is 10.5. The number of fused-ring (bicyclic) bond motifs is 1. The molecule has 0 radical (unpaired) electrons. The van der Waals surface area contributed by atoms with E-state index in [1.807, 2.05) is 6.07 Å². The second kappa shape index (κ2) is 5.36. The number of carbonyl (C=O) groups is 1. The zero-order valence-electron chi connectivity index (χ0n) is 12.9. The van der Waals surface area contributed by atoms with Gasteiger partial charge in [-0.3, -0.25) is 4.79 Å². The number of nitrogens with zero attached hydrogens (tertiary/aromatic N) is 1. The maximum Gasteiger partial charge on any atom is 0.226 e. The van der Waals surface area contributed by atoms with Crippen LogP contribution in [-0.4, -0.2) is 43.7 Å². The molecule has 0 aromatic heterocycles. The first-order valence-electron chi connectivity index (χ1n) is 8.37. The Morgan fingerprint density at radius 1 is 1.18 bits per heavy atom. The minimum atomic E-state index is 0.0422. The van der Waals surface area contributed by atoms with E-state index < -0.39 is 0 Å².